The van der Waals surface area contributed by atoms with Crippen molar-refractivity contribution in [3.05, 3.63) is 64.8 Å². The van der Waals surface area contributed by atoms with Gasteiger partial charge >= 0.3 is 0 Å². The number of ketones is 1. The summed E-state index contributed by atoms with van der Waals surface area (Å²) >= 11 is 6.04. The molecule has 3 aromatic rings. The smallest absolute Gasteiger partial charge is 0.227 e. The number of ether oxygens (including phenoxy) is 1. The Balaban J connectivity index is 1.39. The predicted octanol–water partition coefficient (Wildman–Crippen LogP) is 4.97. The molecule has 1 aliphatic heterocycles. The first-order valence-electron chi connectivity index (χ1n) is 11.6. The molecule has 2 aromatic carbocycles. The number of nitrogens with one attached hydrogen (secondary N) is 1. The van der Waals surface area contributed by atoms with Gasteiger partial charge in [0.15, 0.2) is 5.78 Å². The number of nitrogens with zero attached hydrogens (tertiary/aromatic N) is 4. The summed E-state index contributed by atoms with van der Waals surface area (Å²) in [6.07, 6.45) is 1.29. The number of anilines is 4. The van der Waals surface area contributed by atoms with E-state index < -0.39 is 0 Å². The molecule has 0 amide bonds. The number of Topliss-reactive ketones (excluding diaryl/α,β-unsaturated/α-hetero) is 1. The third-order valence-corrected chi connectivity index (χ3v) is 6.69. The van der Waals surface area contributed by atoms with Gasteiger partial charge in [-0.1, -0.05) is 18.5 Å². The van der Waals surface area contributed by atoms with Crippen LogP contribution in [0, 0.1) is 5.92 Å². The Hall–Kier alpha value is -3.32. The molecule has 176 valence electrons. The molecule has 1 N–H and O–H groups in total. The van der Waals surface area contributed by atoms with Crippen LogP contribution in [0.5, 0.6) is 5.75 Å². The summed E-state index contributed by atoms with van der Waals surface area (Å²) in [6.45, 7) is 5.43. The number of hydrogen-bond acceptors (Lipinski definition) is 7. The molecule has 0 saturated carbocycles. The summed E-state index contributed by atoms with van der Waals surface area (Å²) in [4.78, 5) is 27.2. The zero-order valence-corrected chi connectivity index (χ0v) is 20.2. The average molecular weight is 478 g/mol. The lowest BCUT2D eigenvalue weighted by Gasteiger charge is -2.36. The van der Waals surface area contributed by atoms with Crippen LogP contribution in [0.25, 0.3) is 0 Å². The van der Waals surface area contributed by atoms with Crippen LogP contribution in [-0.2, 0) is 6.42 Å². The van der Waals surface area contributed by atoms with Crippen molar-refractivity contribution in [2.24, 2.45) is 5.92 Å². The summed E-state index contributed by atoms with van der Waals surface area (Å²) < 4.78 is 5.27. The number of carbonyl (C=O) groups is 1. The van der Waals surface area contributed by atoms with Crippen molar-refractivity contribution in [1.29, 1.82) is 0 Å². The number of benzene rings is 2. The maximum absolute atomic E-state index is 12.9. The first-order chi connectivity index (χ1) is 16.5. The summed E-state index contributed by atoms with van der Waals surface area (Å²) in [5.41, 5.74) is 3.47. The Kier molecular flexibility index (Phi) is 6.28. The van der Waals surface area contributed by atoms with E-state index >= 15 is 0 Å². The molecule has 7 nitrogen and oxygen atoms in total. The molecule has 5 rings (SSSR count). The highest BCUT2D eigenvalue weighted by atomic mass is 35.5. The maximum Gasteiger partial charge on any atom is 0.227 e. The van der Waals surface area contributed by atoms with Gasteiger partial charge in [-0.2, -0.15) is 4.98 Å². The van der Waals surface area contributed by atoms with Gasteiger partial charge in [0.25, 0.3) is 0 Å². The van der Waals surface area contributed by atoms with E-state index in [9.17, 15) is 4.79 Å². The van der Waals surface area contributed by atoms with Gasteiger partial charge in [-0.15, -0.1) is 0 Å². The molecule has 1 aromatic heterocycles. The largest absolute Gasteiger partial charge is 0.497 e. The molecule has 1 saturated heterocycles. The molecule has 2 heterocycles. The minimum absolute atomic E-state index is 0.0982. The van der Waals surface area contributed by atoms with E-state index in [1.165, 1.54) is 5.69 Å². The van der Waals surface area contributed by atoms with Gasteiger partial charge in [-0.3, -0.25) is 4.79 Å². The number of halogens is 1. The van der Waals surface area contributed by atoms with E-state index in [-0.39, 0.29) is 11.7 Å². The molecule has 1 unspecified atom stereocenters. The third kappa shape index (κ3) is 4.66. The Morgan fingerprint density at radius 1 is 0.941 bits per heavy atom. The van der Waals surface area contributed by atoms with Gasteiger partial charge < -0.3 is 19.9 Å². The van der Waals surface area contributed by atoms with E-state index in [2.05, 4.69) is 34.2 Å². The van der Waals surface area contributed by atoms with Crippen molar-refractivity contribution < 1.29 is 9.53 Å². The van der Waals surface area contributed by atoms with Crippen LogP contribution in [0.1, 0.15) is 29.4 Å². The molecule has 1 atom stereocenters. The van der Waals surface area contributed by atoms with E-state index in [4.69, 9.17) is 26.3 Å². The number of piperazine rings is 1. The Morgan fingerprint density at radius 3 is 2.29 bits per heavy atom. The van der Waals surface area contributed by atoms with Crippen LogP contribution in [0.3, 0.4) is 0 Å². The molecular weight excluding hydrogens is 450 g/mol. The monoisotopic (exact) mass is 477 g/mol. The topological polar surface area (TPSA) is 70.6 Å². The number of aromatic nitrogens is 2. The minimum Gasteiger partial charge on any atom is -0.497 e. The first-order valence-corrected chi connectivity index (χ1v) is 12.0. The number of rotatable bonds is 5. The standard InChI is InChI=1S/C26H28ClN5O2/c1-17-15-22-24(23(33)16-17)25(28-19-5-3-18(27)4-6-19)30-26(29-22)32-13-11-31(12-14-32)20-7-9-21(34-2)10-8-20/h3-10,17H,11-16H2,1-2H3,(H,28,29,30). The molecule has 8 heteroatoms. The minimum atomic E-state index is 0.0982. The summed E-state index contributed by atoms with van der Waals surface area (Å²) in [6, 6.07) is 15.6. The Labute approximate surface area is 204 Å². The van der Waals surface area contributed by atoms with Crippen molar-refractivity contribution in [2.45, 2.75) is 19.8 Å². The molecule has 34 heavy (non-hydrogen) atoms. The van der Waals surface area contributed by atoms with Crippen molar-refractivity contribution in [3.8, 4) is 5.75 Å². The molecular formula is C26H28ClN5O2. The van der Waals surface area contributed by atoms with Crippen molar-refractivity contribution in [3.63, 3.8) is 0 Å². The lowest BCUT2D eigenvalue weighted by atomic mass is 9.87. The second-order valence-electron chi connectivity index (χ2n) is 8.93. The Morgan fingerprint density at radius 2 is 1.62 bits per heavy atom. The lowest BCUT2D eigenvalue weighted by Crippen LogP contribution is -2.47. The van der Waals surface area contributed by atoms with Gasteiger partial charge in [0.2, 0.25) is 5.95 Å². The fraction of sp³-hybridized carbons (Fsp3) is 0.346. The van der Waals surface area contributed by atoms with Crippen LogP contribution in [0.15, 0.2) is 48.5 Å². The molecule has 1 fully saturated rings. The number of fused-ring (bicyclic) bond motifs is 1. The zero-order valence-electron chi connectivity index (χ0n) is 19.4. The van der Waals surface area contributed by atoms with Crippen LogP contribution in [-0.4, -0.2) is 49.0 Å². The lowest BCUT2D eigenvalue weighted by molar-refractivity contribution is 0.0952. The van der Waals surface area contributed by atoms with Gasteiger partial charge in [0.1, 0.15) is 11.6 Å². The summed E-state index contributed by atoms with van der Waals surface area (Å²) in [7, 11) is 1.68. The number of carbonyl (C=O) groups excluding carboxylic acids is 1. The number of methoxy groups -OCH3 is 1. The van der Waals surface area contributed by atoms with Crippen LogP contribution >= 0.6 is 11.6 Å². The highest BCUT2D eigenvalue weighted by molar-refractivity contribution is 6.30. The summed E-state index contributed by atoms with van der Waals surface area (Å²) in [5, 5.41) is 4.01. The Bertz CT molecular complexity index is 1180. The highest BCUT2D eigenvalue weighted by Crippen LogP contribution is 2.32. The van der Waals surface area contributed by atoms with Gasteiger partial charge in [-0.05, 0) is 60.9 Å². The van der Waals surface area contributed by atoms with Crippen molar-refractivity contribution in [2.75, 3.05) is 48.4 Å². The predicted molar refractivity (Wildman–Crippen MR) is 136 cm³/mol. The van der Waals surface area contributed by atoms with Gasteiger partial charge in [-0.25, -0.2) is 4.98 Å². The van der Waals surface area contributed by atoms with E-state index in [1.54, 1.807) is 7.11 Å². The fourth-order valence-corrected chi connectivity index (χ4v) is 4.74. The molecule has 1 aliphatic carbocycles. The van der Waals surface area contributed by atoms with Crippen molar-refractivity contribution in [1.82, 2.24) is 9.97 Å². The van der Waals surface area contributed by atoms with Gasteiger partial charge in [0.05, 0.1) is 18.4 Å². The third-order valence-electron chi connectivity index (χ3n) is 6.43. The SMILES string of the molecule is COc1ccc(N2CCN(c3nc4c(c(Nc5ccc(Cl)cc5)n3)C(=O)CC(C)C4)CC2)cc1. The van der Waals surface area contributed by atoms with E-state index in [0.29, 0.717) is 28.8 Å². The van der Waals surface area contributed by atoms with Gasteiger partial charge in [0, 0.05) is 49.0 Å². The van der Waals surface area contributed by atoms with Crippen LogP contribution < -0.4 is 19.9 Å². The summed E-state index contributed by atoms with van der Waals surface area (Å²) in [5.74, 6) is 2.48. The molecule has 0 spiro atoms. The van der Waals surface area contributed by atoms with Crippen LogP contribution in [0.2, 0.25) is 5.02 Å². The first kappa shape index (κ1) is 22.5. The zero-order chi connectivity index (χ0) is 23.7. The van der Waals surface area contributed by atoms with Crippen molar-refractivity contribution >= 4 is 40.5 Å². The fourth-order valence-electron chi connectivity index (χ4n) is 4.62. The maximum atomic E-state index is 12.9. The average Bonchev–Trinajstić information content (AvgIpc) is 2.85. The second-order valence-corrected chi connectivity index (χ2v) is 9.37. The van der Waals surface area contributed by atoms with E-state index in [0.717, 1.165) is 49.7 Å². The highest BCUT2D eigenvalue weighted by Gasteiger charge is 2.30. The molecule has 2 aliphatic rings. The van der Waals surface area contributed by atoms with Crippen LogP contribution in [0.4, 0.5) is 23.1 Å². The second kappa shape index (κ2) is 9.50. The molecule has 0 radical (unpaired) electrons. The number of hydrogen-bond donors (Lipinski definition) is 1. The molecule has 0 bridgehead atoms. The normalized spacial score (nSPS) is 18.0. The quantitative estimate of drug-likeness (QED) is 0.556. The van der Waals surface area contributed by atoms with E-state index in [1.807, 2.05) is 36.4 Å².